The molecule has 0 saturated heterocycles. The van der Waals surface area contributed by atoms with E-state index in [2.05, 4.69) is 5.32 Å². The van der Waals surface area contributed by atoms with Crippen LogP contribution in [0.15, 0.2) is 29.2 Å². The summed E-state index contributed by atoms with van der Waals surface area (Å²) in [6, 6.07) is 6.40. The van der Waals surface area contributed by atoms with Gasteiger partial charge in [0.15, 0.2) is 0 Å². The van der Waals surface area contributed by atoms with E-state index >= 15 is 0 Å². The summed E-state index contributed by atoms with van der Waals surface area (Å²) in [5, 5.41) is 12.3. The molecule has 0 aromatic heterocycles. The molecule has 1 amide bonds. The Morgan fingerprint density at radius 1 is 1.35 bits per heavy atom. The van der Waals surface area contributed by atoms with Crippen LogP contribution in [0.5, 0.6) is 0 Å². The van der Waals surface area contributed by atoms with Crippen LogP contribution in [0.2, 0.25) is 0 Å². The van der Waals surface area contributed by atoms with Crippen LogP contribution in [0.3, 0.4) is 0 Å². The first kappa shape index (κ1) is 17.0. The summed E-state index contributed by atoms with van der Waals surface area (Å²) < 4.78 is 13.4. The minimum absolute atomic E-state index is 0.0563. The summed E-state index contributed by atoms with van der Waals surface area (Å²) in [5.74, 6) is -0.273. The van der Waals surface area contributed by atoms with E-state index in [1.54, 1.807) is 18.2 Å². The van der Waals surface area contributed by atoms with Crippen LogP contribution < -0.4 is 5.32 Å². The molecule has 1 rings (SSSR count). The van der Waals surface area contributed by atoms with E-state index in [1.165, 1.54) is 17.8 Å². The highest BCUT2D eigenvalue weighted by Crippen LogP contribution is 2.25. The Balaban J connectivity index is 2.43. The molecule has 0 aliphatic rings. The van der Waals surface area contributed by atoms with E-state index in [0.29, 0.717) is 11.4 Å². The fourth-order valence-corrected chi connectivity index (χ4v) is 2.59. The molecule has 0 spiro atoms. The minimum atomic E-state index is -0.308. The van der Waals surface area contributed by atoms with Crippen molar-refractivity contribution >= 4 is 17.7 Å². The number of aliphatic hydroxyl groups is 1. The van der Waals surface area contributed by atoms with Gasteiger partial charge in [0.25, 0.3) is 0 Å². The summed E-state index contributed by atoms with van der Waals surface area (Å²) in [6.45, 7) is 4.51. The van der Waals surface area contributed by atoms with Gasteiger partial charge in [0.1, 0.15) is 5.82 Å². The smallest absolute Gasteiger partial charge is 0.230 e. The standard InChI is InChI=1S/C15H22FNO2S/c1-3-15(4-2,11-18)10-17-14(19)9-20-13-8-6-5-7-12(13)16/h5-8,18H,3-4,9-11H2,1-2H3,(H,17,19). The van der Waals surface area contributed by atoms with E-state index in [0.717, 1.165) is 12.8 Å². The van der Waals surface area contributed by atoms with Crippen LogP contribution in [0.25, 0.3) is 0 Å². The maximum absolute atomic E-state index is 13.4. The number of nitrogens with one attached hydrogen (secondary N) is 1. The van der Waals surface area contributed by atoms with Gasteiger partial charge in [-0.15, -0.1) is 11.8 Å². The number of rotatable bonds is 8. The predicted molar refractivity (Wildman–Crippen MR) is 80.2 cm³/mol. The van der Waals surface area contributed by atoms with Crippen molar-refractivity contribution in [1.82, 2.24) is 5.32 Å². The first-order valence-electron chi connectivity index (χ1n) is 6.82. The second-order valence-corrected chi connectivity index (χ2v) is 5.88. The van der Waals surface area contributed by atoms with Gasteiger partial charge >= 0.3 is 0 Å². The number of carbonyl (C=O) groups excluding carboxylic acids is 1. The van der Waals surface area contributed by atoms with Gasteiger partial charge in [0.2, 0.25) is 5.91 Å². The summed E-state index contributed by atoms with van der Waals surface area (Å²) in [7, 11) is 0. The summed E-state index contributed by atoms with van der Waals surface area (Å²) in [5.41, 5.74) is -0.252. The molecule has 0 radical (unpaired) electrons. The van der Waals surface area contributed by atoms with Crippen molar-refractivity contribution in [2.75, 3.05) is 18.9 Å². The number of hydrogen-bond acceptors (Lipinski definition) is 3. The molecule has 20 heavy (non-hydrogen) atoms. The van der Waals surface area contributed by atoms with E-state index in [9.17, 15) is 14.3 Å². The molecule has 0 heterocycles. The van der Waals surface area contributed by atoms with Crippen LogP contribution in [-0.2, 0) is 4.79 Å². The number of benzene rings is 1. The van der Waals surface area contributed by atoms with Crippen LogP contribution in [-0.4, -0.2) is 29.9 Å². The lowest BCUT2D eigenvalue weighted by molar-refractivity contribution is -0.119. The molecule has 5 heteroatoms. The van der Waals surface area contributed by atoms with Gasteiger partial charge in [-0.1, -0.05) is 26.0 Å². The Hall–Kier alpha value is -1.07. The third-order valence-electron chi connectivity index (χ3n) is 3.69. The molecular weight excluding hydrogens is 277 g/mol. The zero-order valence-corrected chi connectivity index (χ0v) is 12.8. The van der Waals surface area contributed by atoms with Gasteiger partial charge in [0.05, 0.1) is 12.4 Å². The first-order chi connectivity index (χ1) is 9.56. The minimum Gasteiger partial charge on any atom is -0.396 e. The normalized spacial score (nSPS) is 11.4. The van der Waals surface area contributed by atoms with Gasteiger partial charge in [-0.05, 0) is 25.0 Å². The van der Waals surface area contributed by atoms with Crippen molar-refractivity contribution in [3.63, 3.8) is 0 Å². The Kier molecular flexibility index (Phi) is 7.02. The highest BCUT2D eigenvalue weighted by molar-refractivity contribution is 8.00. The van der Waals surface area contributed by atoms with Crippen molar-refractivity contribution in [1.29, 1.82) is 0 Å². The second kappa shape index (κ2) is 8.27. The monoisotopic (exact) mass is 299 g/mol. The third-order valence-corrected chi connectivity index (χ3v) is 4.74. The molecule has 0 saturated carbocycles. The first-order valence-corrected chi connectivity index (χ1v) is 7.80. The predicted octanol–water partition coefficient (Wildman–Crippen LogP) is 2.83. The lowest BCUT2D eigenvalue weighted by Gasteiger charge is -2.29. The maximum Gasteiger partial charge on any atom is 0.230 e. The lowest BCUT2D eigenvalue weighted by atomic mass is 9.83. The fourth-order valence-electron chi connectivity index (χ4n) is 1.82. The Morgan fingerprint density at radius 3 is 2.55 bits per heavy atom. The average Bonchev–Trinajstić information content (AvgIpc) is 2.48. The molecule has 112 valence electrons. The van der Waals surface area contributed by atoms with Crippen LogP contribution >= 0.6 is 11.8 Å². The number of halogens is 1. The van der Waals surface area contributed by atoms with Gasteiger partial charge in [-0.2, -0.15) is 0 Å². The van der Waals surface area contributed by atoms with Crippen LogP contribution in [0.4, 0.5) is 4.39 Å². The molecular formula is C15H22FNO2S. The largest absolute Gasteiger partial charge is 0.396 e. The summed E-state index contributed by atoms with van der Waals surface area (Å²) in [6.07, 6.45) is 1.61. The molecule has 0 unspecified atom stereocenters. The molecule has 0 fully saturated rings. The summed E-state index contributed by atoms with van der Waals surface area (Å²) >= 11 is 1.18. The molecule has 2 N–H and O–H groups in total. The second-order valence-electron chi connectivity index (χ2n) is 4.86. The van der Waals surface area contributed by atoms with Gasteiger partial charge in [-0.25, -0.2) is 4.39 Å². The van der Waals surface area contributed by atoms with Crippen LogP contribution in [0, 0.1) is 11.2 Å². The number of carbonyl (C=O) groups is 1. The van der Waals surface area contributed by atoms with Crippen LogP contribution in [0.1, 0.15) is 26.7 Å². The van der Waals surface area contributed by atoms with Crippen molar-refractivity contribution in [2.24, 2.45) is 5.41 Å². The zero-order chi connectivity index (χ0) is 15.0. The highest BCUT2D eigenvalue weighted by atomic mass is 32.2. The van der Waals surface area contributed by atoms with Gasteiger partial charge < -0.3 is 10.4 Å². The van der Waals surface area contributed by atoms with E-state index in [1.807, 2.05) is 13.8 Å². The van der Waals surface area contributed by atoms with E-state index < -0.39 is 0 Å². The third kappa shape index (κ3) is 4.80. The van der Waals surface area contributed by atoms with Crippen molar-refractivity contribution < 1.29 is 14.3 Å². The number of hydrogen-bond donors (Lipinski definition) is 2. The SMILES string of the molecule is CCC(CC)(CO)CNC(=O)CSc1ccccc1F. The number of amides is 1. The molecule has 0 aliphatic carbocycles. The summed E-state index contributed by atoms with van der Waals surface area (Å²) in [4.78, 5) is 12.3. The quantitative estimate of drug-likeness (QED) is 0.726. The lowest BCUT2D eigenvalue weighted by Crippen LogP contribution is -2.40. The van der Waals surface area contributed by atoms with Crippen molar-refractivity contribution in [3.8, 4) is 0 Å². The van der Waals surface area contributed by atoms with Crippen molar-refractivity contribution in [2.45, 2.75) is 31.6 Å². The molecule has 0 bridgehead atoms. The topological polar surface area (TPSA) is 49.3 Å². The fraction of sp³-hybridized carbons (Fsp3) is 0.533. The Bertz CT molecular complexity index is 427. The molecule has 0 aliphatic heterocycles. The Labute approximate surface area is 124 Å². The Morgan fingerprint density at radius 2 is 2.00 bits per heavy atom. The molecule has 3 nitrogen and oxygen atoms in total. The molecule has 0 atom stereocenters. The van der Waals surface area contributed by atoms with Crippen molar-refractivity contribution in [3.05, 3.63) is 30.1 Å². The molecule has 1 aromatic rings. The zero-order valence-electron chi connectivity index (χ0n) is 12.0. The average molecular weight is 299 g/mol. The van der Waals surface area contributed by atoms with E-state index in [4.69, 9.17) is 0 Å². The maximum atomic E-state index is 13.4. The highest BCUT2D eigenvalue weighted by Gasteiger charge is 2.25. The number of aliphatic hydroxyl groups excluding tert-OH is 1. The van der Waals surface area contributed by atoms with Gasteiger partial charge in [-0.3, -0.25) is 4.79 Å². The van der Waals surface area contributed by atoms with Gasteiger partial charge in [0, 0.05) is 16.9 Å². The number of thioether (sulfide) groups is 1. The van der Waals surface area contributed by atoms with E-state index in [-0.39, 0.29) is 29.5 Å². The molecule has 1 aromatic carbocycles.